The Morgan fingerprint density at radius 2 is 1.08 bits per heavy atom. The summed E-state index contributed by atoms with van der Waals surface area (Å²) in [6, 6.07) is 8.25. The van der Waals surface area contributed by atoms with Crippen LogP contribution < -0.4 is 0 Å². The first-order valence-corrected chi connectivity index (χ1v) is 13.6. The second-order valence-corrected chi connectivity index (χ2v) is 10.6. The summed E-state index contributed by atoms with van der Waals surface area (Å²) in [6.07, 6.45) is 0. The maximum absolute atomic E-state index is 13.1. The molecule has 0 N–H and O–H groups in total. The Bertz CT molecular complexity index is 1090. The average molecular weight is 567 g/mol. The molecule has 9 nitrogen and oxygen atoms in total. The molecular weight excluding hydrogens is 541 g/mol. The van der Waals surface area contributed by atoms with Crippen LogP contribution in [0.25, 0.3) is 0 Å². The van der Waals surface area contributed by atoms with Gasteiger partial charge in [-0.1, -0.05) is 48.0 Å². The van der Waals surface area contributed by atoms with Crippen molar-refractivity contribution >= 4 is 73.8 Å². The highest BCUT2D eigenvalue weighted by Gasteiger charge is 2.24. The summed E-state index contributed by atoms with van der Waals surface area (Å²) in [5.74, 6) is -0.563. The number of carbonyl (C=O) groups excluding carboxylic acids is 1. The van der Waals surface area contributed by atoms with Gasteiger partial charge in [0.15, 0.2) is 5.78 Å². The summed E-state index contributed by atoms with van der Waals surface area (Å²) < 4.78 is 0.988. The van der Waals surface area contributed by atoms with Crippen LogP contribution in [0.3, 0.4) is 0 Å². The lowest BCUT2D eigenvalue weighted by Crippen LogP contribution is -2.26. The summed E-state index contributed by atoms with van der Waals surface area (Å²) in [4.78, 5) is 39.9. The van der Waals surface area contributed by atoms with Gasteiger partial charge in [-0.15, -0.1) is 0 Å². The zero-order valence-electron chi connectivity index (χ0n) is 20.3. The summed E-state index contributed by atoms with van der Waals surface area (Å²) in [5, 5.41) is 23.5. The van der Waals surface area contributed by atoms with Crippen molar-refractivity contribution in [3.8, 4) is 0 Å². The SMILES string of the molecule is CCN(CC)C(=S)Sc1ccc(C(=O)c2ccc(SC(=S)N(CC)CC)c([N+](=O)[O-])c2)cc1[N+](=O)[O-]. The number of rotatable bonds is 10. The molecule has 2 rings (SSSR count). The number of thioether (sulfide) groups is 2. The monoisotopic (exact) mass is 566 g/mol. The molecular formula is C23H26N4O5S4. The smallest absolute Gasteiger partial charge is 0.284 e. The van der Waals surface area contributed by atoms with Crippen molar-refractivity contribution < 1.29 is 14.6 Å². The molecule has 0 heterocycles. The summed E-state index contributed by atoms with van der Waals surface area (Å²) >= 11 is 13.0. The molecule has 0 aliphatic heterocycles. The number of nitro groups is 2. The van der Waals surface area contributed by atoms with Gasteiger partial charge in [-0.3, -0.25) is 25.0 Å². The van der Waals surface area contributed by atoms with E-state index in [4.69, 9.17) is 24.4 Å². The van der Waals surface area contributed by atoms with Crippen molar-refractivity contribution in [1.29, 1.82) is 0 Å². The van der Waals surface area contributed by atoms with Crippen LogP contribution in [-0.2, 0) is 0 Å². The molecule has 0 aromatic heterocycles. The molecule has 192 valence electrons. The number of benzene rings is 2. The van der Waals surface area contributed by atoms with Crippen LogP contribution in [-0.4, -0.2) is 60.2 Å². The van der Waals surface area contributed by atoms with Gasteiger partial charge >= 0.3 is 0 Å². The largest absolute Gasteiger partial charge is 0.358 e. The summed E-state index contributed by atoms with van der Waals surface area (Å²) in [6.45, 7) is 10.4. The molecule has 0 fully saturated rings. The maximum Gasteiger partial charge on any atom is 0.284 e. The molecule has 0 spiro atoms. The van der Waals surface area contributed by atoms with Gasteiger partial charge in [0.1, 0.15) is 8.64 Å². The first-order chi connectivity index (χ1) is 17.1. The van der Waals surface area contributed by atoms with Crippen LogP contribution in [0.15, 0.2) is 46.2 Å². The van der Waals surface area contributed by atoms with Gasteiger partial charge in [0.05, 0.1) is 19.6 Å². The van der Waals surface area contributed by atoms with Crippen molar-refractivity contribution in [3.05, 3.63) is 67.8 Å². The van der Waals surface area contributed by atoms with Crippen molar-refractivity contribution in [3.63, 3.8) is 0 Å². The molecule has 0 aliphatic carbocycles. The Balaban J connectivity index is 2.40. The van der Waals surface area contributed by atoms with Gasteiger partial charge in [-0.25, -0.2) is 0 Å². The Hall–Kier alpha value is -2.61. The molecule has 0 amide bonds. The third kappa shape index (κ3) is 7.21. The van der Waals surface area contributed by atoms with Crippen LogP contribution in [0, 0.1) is 20.2 Å². The van der Waals surface area contributed by atoms with Crippen LogP contribution >= 0.6 is 48.0 Å². The topological polar surface area (TPSA) is 110 Å². The molecule has 0 saturated heterocycles. The van der Waals surface area contributed by atoms with Crippen molar-refractivity contribution in [2.75, 3.05) is 26.2 Å². The molecule has 36 heavy (non-hydrogen) atoms. The lowest BCUT2D eigenvalue weighted by atomic mass is 10.0. The third-order valence-corrected chi connectivity index (χ3v) is 8.29. The van der Waals surface area contributed by atoms with Crippen LogP contribution in [0.1, 0.15) is 43.6 Å². The Morgan fingerprint density at radius 3 is 1.36 bits per heavy atom. The highest BCUT2D eigenvalue weighted by atomic mass is 32.2. The number of nitrogens with zero attached hydrogens (tertiary/aromatic N) is 4. The lowest BCUT2D eigenvalue weighted by molar-refractivity contribution is -0.387. The highest BCUT2D eigenvalue weighted by Crippen LogP contribution is 2.35. The van der Waals surface area contributed by atoms with E-state index in [0.717, 1.165) is 23.5 Å². The third-order valence-electron chi connectivity index (χ3n) is 5.27. The van der Waals surface area contributed by atoms with Gasteiger partial charge in [0.2, 0.25) is 0 Å². The maximum atomic E-state index is 13.1. The van der Waals surface area contributed by atoms with E-state index in [1.54, 1.807) is 0 Å². The van der Waals surface area contributed by atoms with E-state index in [-0.39, 0.29) is 22.5 Å². The minimum absolute atomic E-state index is 0.0492. The number of hydrogen-bond acceptors (Lipinski definition) is 9. The molecule has 2 aromatic carbocycles. The minimum atomic E-state index is -0.569. The normalized spacial score (nSPS) is 10.6. The quantitative estimate of drug-likeness (QED) is 0.108. The fourth-order valence-electron chi connectivity index (χ4n) is 3.22. The second kappa shape index (κ2) is 13.6. The molecule has 0 saturated carbocycles. The van der Waals surface area contributed by atoms with Gasteiger partial charge in [-0.2, -0.15) is 0 Å². The molecule has 0 bridgehead atoms. The predicted octanol–water partition coefficient (Wildman–Crippen LogP) is 6.17. The lowest BCUT2D eigenvalue weighted by Gasteiger charge is -2.20. The van der Waals surface area contributed by atoms with Crippen LogP contribution in [0.4, 0.5) is 11.4 Å². The average Bonchev–Trinajstić information content (AvgIpc) is 2.85. The number of thiocarbonyl (C=S) groups is 2. The molecule has 13 heteroatoms. The van der Waals surface area contributed by atoms with Gasteiger partial charge < -0.3 is 9.80 Å². The Morgan fingerprint density at radius 1 is 0.750 bits per heavy atom. The molecule has 0 radical (unpaired) electrons. The minimum Gasteiger partial charge on any atom is -0.358 e. The van der Waals surface area contributed by atoms with E-state index in [2.05, 4.69) is 0 Å². The van der Waals surface area contributed by atoms with Gasteiger partial charge in [-0.05, 0) is 52.0 Å². The number of nitro benzene ring substituents is 2. The van der Waals surface area contributed by atoms with E-state index in [9.17, 15) is 25.0 Å². The molecule has 2 aromatic rings. The predicted molar refractivity (Wildman–Crippen MR) is 152 cm³/mol. The van der Waals surface area contributed by atoms with E-state index < -0.39 is 15.6 Å². The first-order valence-electron chi connectivity index (χ1n) is 11.1. The summed E-state index contributed by atoms with van der Waals surface area (Å²) in [5.41, 5.74) is -0.417. The van der Waals surface area contributed by atoms with Crippen LogP contribution in [0.5, 0.6) is 0 Å². The molecule has 0 unspecified atom stereocenters. The fourth-order valence-corrected chi connectivity index (χ4v) is 6.18. The first kappa shape index (κ1) is 29.6. The van der Waals surface area contributed by atoms with Gasteiger partial charge in [0, 0.05) is 49.4 Å². The van der Waals surface area contributed by atoms with E-state index in [0.29, 0.717) is 44.6 Å². The van der Waals surface area contributed by atoms with Crippen molar-refractivity contribution in [2.24, 2.45) is 0 Å². The number of carbonyl (C=O) groups is 1. The van der Waals surface area contributed by atoms with Crippen molar-refractivity contribution in [2.45, 2.75) is 37.5 Å². The standard InChI is InChI=1S/C23H26N4O5S4/c1-5-24(6-2)22(33)35-19-11-9-15(13-17(19)26(29)30)21(28)16-10-12-20(18(14-16)27(31)32)36-23(34)25(7-3)8-4/h9-14H,5-8H2,1-4H3. The van der Waals surface area contributed by atoms with E-state index in [1.165, 1.54) is 36.4 Å². The molecule has 0 aliphatic rings. The molecule has 0 atom stereocenters. The summed E-state index contributed by atoms with van der Waals surface area (Å²) in [7, 11) is 0. The van der Waals surface area contributed by atoms with Gasteiger partial charge in [0.25, 0.3) is 11.4 Å². The van der Waals surface area contributed by atoms with E-state index in [1.807, 2.05) is 37.5 Å². The Kier molecular flexibility index (Phi) is 11.2. The highest BCUT2D eigenvalue weighted by molar-refractivity contribution is 8.23. The fraction of sp³-hybridized carbons (Fsp3) is 0.348. The Labute approximate surface area is 228 Å². The second-order valence-electron chi connectivity index (χ2n) is 7.29. The number of ketones is 1. The van der Waals surface area contributed by atoms with Crippen molar-refractivity contribution in [1.82, 2.24) is 9.80 Å². The van der Waals surface area contributed by atoms with E-state index >= 15 is 0 Å². The van der Waals surface area contributed by atoms with Crippen LogP contribution in [0.2, 0.25) is 0 Å². The number of hydrogen-bond donors (Lipinski definition) is 0. The zero-order valence-corrected chi connectivity index (χ0v) is 23.5. The zero-order chi connectivity index (χ0) is 27.0.